The third kappa shape index (κ3) is 3.21. The van der Waals surface area contributed by atoms with Crippen molar-refractivity contribution in [1.82, 2.24) is 19.7 Å². The summed E-state index contributed by atoms with van der Waals surface area (Å²) in [6.07, 6.45) is 3.48. The topological polar surface area (TPSA) is 90.0 Å². The molecule has 0 aliphatic carbocycles. The molecule has 0 saturated carbocycles. The molecular formula is C14H16N4O3S2. The van der Waals surface area contributed by atoms with Gasteiger partial charge in [0.1, 0.15) is 10.6 Å². The van der Waals surface area contributed by atoms with E-state index in [0.29, 0.717) is 5.69 Å². The van der Waals surface area contributed by atoms with Crippen molar-refractivity contribution in [3.63, 3.8) is 0 Å². The van der Waals surface area contributed by atoms with E-state index >= 15 is 0 Å². The lowest BCUT2D eigenvalue weighted by atomic mass is 10.1. The molecule has 3 heterocycles. The quantitative estimate of drug-likeness (QED) is 0.734. The van der Waals surface area contributed by atoms with Crippen LogP contribution in [0.15, 0.2) is 44.7 Å². The van der Waals surface area contributed by atoms with Gasteiger partial charge in [-0.3, -0.25) is 4.68 Å². The predicted octanol–water partition coefficient (Wildman–Crippen LogP) is 2.12. The van der Waals surface area contributed by atoms with Gasteiger partial charge in [0, 0.05) is 18.9 Å². The van der Waals surface area contributed by atoms with Crippen LogP contribution in [0, 0.1) is 13.8 Å². The van der Waals surface area contributed by atoms with Crippen molar-refractivity contribution in [3.05, 3.63) is 52.3 Å². The lowest BCUT2D eigenvalue weighted by Crippen LogP contribution is -2.32. The maximum Gasteiger partial charge on any atom is 0.246 e. The highest BCUT2D eigenvalue weighted by Gasteiger charge is 2.26. The molecule has 0 amide bonds. The van der Waals surface area contributed by atoms with Crippen LogP contribution in [0.1, 0.15) is 23.1 Å². The highest BCUT2D eigenvalue weighted by Crippen LogP contribution is 2.22. The molecule has 0 saturated heterocycles. The molecular weight excluding hydrogens is 336 g/mol. The van der Waals surface area contributed by atoms with E-state index in [4.69, 9.17) is 4.52 Å². The fraction of sp³-hybridized carbons (Fsp3) is 0.286. The number of hydrogen-bond acceptors (Lipinski definition) is 6. The van der Waals surface area contributed by atoms with Gasteiger partial charge < -0.3 is 4.52 Å². The Morgan fingerprint density at radius 3 is 2.83 bits per heavy atom. The van der Waals surface area contributed by atoms with Crippen molar-refractivity contribution in [3.8, 4) is 0 Å². The van der Waals surface area contributed by atoms with Gasteiger partial charge in [0.25, 0.3) is 0 Å². The molecule has 0 spiro atoms. The van der Waals surface area contributed by atoms with Crippen molar-refractivity contribution in [2.45, 2.75) is 24.8 Å². The van der Waals surface area contributed by atoms with Gasteiger partial charge in [0.05, 0.1) is 6.04 Å². The normalized spacial score (nSPS) is 13.3. The molecule has 3 rings (SSSR count). The van der Waals surface area contributed by atoms with Gasteiger partial charge in [-0.25, -0.2) is 13.1 Å². The minimum Gasteiger partial charge on any atom is -0.360 e. The molecule has 0 aliphatic heterocycles. The Balaban J connectivity index is 1.85. The molecule has 1 atom stereocenters. The fourth-order valence-electron chi connectivity index (χ4n) is 2.41. The summed E-state index contributed by atoms with van der Waals surface area (Å²) in [7, 11) is -3.70. The zero-order valence-corrected chi connectivity index (χ0v) is 14.3. The highest BCUT2D eigenvalue weighted by atomic mass is 32.2. The number of sulfonamides is 1. The van der Waals surface area contributed by atoms with E-state index in [1.165, 1.54) is 0 Å². The summed E-state index contributed by atoms with van der Waals surface area (Å²) in [5.74, 6) is 0.279. The molecule has 122 valence electrons. The summed E-state index contributed by atoms with van der Waals surface area (Å²) in [5.41, 5.74) is 1.35. The Bertz CT molecular complexity index is 814. The summed E-state index contributed by atoms with van der Waals surface area (Å²) in [4.78, 5) is 0.0991. The van der Waals surface area contributed by atoms with Crippen LogP contribution in [-0.2, 0) is 10.0 Å². The van der Waals surface area contributed by atoms with Gasteiger partial charge >= 0.3 is 0 Å². The maximum absolute atomic E-state index is 12.5. The monoisotopic (exact) mass is 352 g/mol. The van der Waals surface area contributed by atoms with Gasteiger partial charge in [-0.05, 0) is 42.3 Å². The molecule has 3 aromatic heterocycles. The minimum atomic E-state index is -3.70. The van der Waals surface area contributed by atoms with Crippen molar-refractivity contribution in [1.29, 1.82) is 0 Å². The summed E-state index contributed by atoms with van der Waals surface area (Å²) in [6.45, 7) is 3.37. The third-order valence-electron chi connectivity index (χ3n) is 3.48. The Morgan fingerprint density at radius 2 is 2.26 bits per heavy atom. The van der Waals surface area contributed by atoms with Crippen molar-refractivity contribution in [2.24, 2.45) is 0 Å². The molecule has 0 aliphatic rings. The van der Waals surface area contributed by atoms with E-state index < -0.39 is 10.0 Å². The second-order valence-corrected chi connectivity index (χ2v) is 7.55. The second-order valence-electron chi connectivity index (χ2n) is 5.06. The zero-order chi connectivity index (χ0) is 16.4. The van der Waals surface area contributed by atoms with E-state index in [0.717, 1.165) is 5.56 Å². The summed E-state index contributed by atoms with van der Waals surface area (Å²) in [5, 5.41) is 11.9. The minimum absolute atomic E-state index is 0.0991. The molecule has 1 N–H and O–H groups in total. The van der Waals surface area contributed by atoms with Crippen LogP contribution in [0.5, 0.6) is 0 Å². The van der Waals surface area contributed by atoms with Gasteiger partial charge in [-0.15, -0.1) is 0 Å². The first kappa shape index (κ1) is 15.9. The van der Waals surface area contributed by atoms with E-state index in [1.54, 1.807) is 36.1 Å². The first-order valence-electron chi connectivity index (χ1n) is 6.93. The molecule has 23 heavy (non-hydrogen) atoms. The molecule has 0 aromatic carbocycles. The van der Waals surface area contributed by atoms with Crippen LogP contribution in [0.2, 0.25) is 0 Å². The Hall–Kier alpha value is -1.97. The number of rotatable bonds is 6. The summed E-state index contributed by atoms with van der Waals surface area (Å²) < 4.78 is 34.4. The van der Waals surface area contributed by atoms with Crippen molar-refractivity contribution < 1.29 is 12.9 Å². The molecule has 1 unspecified atom stereocenters. The lowest BCUT2D eigenvalue weighted by molar-refractivity contribution is 0.390. The van der Waals surface area contributed by atoms with Gasteiger partial charge in [0.2, 0.25) is 10.0 Å². The number of aryl methyl sites for hydroxylation is 2. The van der Waals surface area contributed by atoms with Crippen LogP contribution in [0.3, 0.4) is 0 Å². The average molecular weight is 352 g/mol. The van der Waals surface area contributed by atoms with Crippen LogP contribution in [0.25, 0.3) is 0 Å². The average Bonchev–Trinajstić information content (AvgIpc) is 3.22. The standard InChI is InChI=1S/C14H16N4O3S2/c1-10-14(11(2)21-17-10)23(19,20)16-8-13(12-4-7-22-9-12)18-6-3-5-15-18/h3-7,9,13,16H,8H2,1-2H3. The molecule has 9 heteroatoms. The number of nitrogens with zero attached hydrogens (tertiary/aromatic N) is 3. The fourth-order valence-corrected chi connectivity index (χ4v) is 4.48. The first-order chi connectivity index (χ1) is 11.0. The van der Waals surface area contributed by atoms with Crippen LogP contribution in [-0.4, -0.2) is 29.9 Å². The molecule has 0 bridgehead atoms. The molecule has 0 radical (unpaired) electrons. The van der Waals surface area contributed by atoms with E-state index in [1.807, 2.05) is 29.1 Å². The van der Waals surface area contributed by atoms with Gasteiger partial charge in [-0.1, -0.05) is 5.16 Å². The van der Waals surface area contributed by atoms with Crippen LogP contribution >= 0.6 is 11.3 Å². The largest absolute Gasteiger partial charge is 0.360 e. The summed E-state index contributed by atoms with van der Waals surface area (Å²) in [6, 6.07) is 3.55. The SMILES string of the molecule is Cc1noc(C)c1S(=O)(=O)NCC(c1ccsc1)n1cccn1. The Kier molecular flexibility index (Phi) is 4.33. The lowest BCUT2D eigenvalue weighted by Gasteiger charge is -2.17. The first-order valence-corrected chi connectivity index (χ1v) is 9.35. The second kappa shape index (κ2) is 6.26. The molecule has 7 nitrogen and oxygen atoms in total. The highest BCUT2D eigenvalue weighted by molar-refractivity contribution is 7.89. The van der Waals surface area contributed by atoms with Gasteiger partial charge in [-0.2, -0.15) is 16.4 Å². The predicted molar refractivity (Wildman–Crippen MR) is 85.9 cm³/mol. The van der Waals surface area contributed by atoms with Crippen LogP contribution < -0.4 is 4.72 Å². The van der Waals surface area contributed by atoms with Crippen molar-refractivity contribution >= 4 is 21.4 Å². The van der Waals surface area contributed by atoms with E-state index in [-0.39, 0.29) is 23.2 Å². The smallest absolute Gasteiger partial charge is 0.246 e. The van der Waals surface area contributed by atoms with Gasteiger partial charge in [0.15, 0.2) is 5.76 Å². The van der Waals surface area contributed by atoms with Crippen molar-refractivity contribution in [2.75, 3.05) is 6.54 Å². The number of aromatic nitrogens is 3. The number of nitrogens with one attached hydrogen (secondary N) is 1. The number of hydrogen-bond donors (Lipinski definition) is 1. The van der Waals surface area contributed by atoms with E-state index in [2.05, 4.69) is 15.0 Å². The summed E-state index contributed by atoms with van der Waals surface area (Å²) >= 11 is 1.56. The Morgan fingerprint density at radius 1 is 1.43 bits per heavy atom. The zero-order valence-electron chi connectivity index (χ0n) is 12.6. The number of thiophene rings is 1. The van der Waals surface area contributed by atoms with Crippen LogP contribution in [0.4, 0.5) is 0 Å². The Labute approximate surface area is 138 Å². The maximum atomic E-state index is 12.5. The van der Waals surface area contributed by atoms with E-state index in [9.17, 15) is 8.42 Å². The molecule has 0 fully saturated rings. The third-order valence-corrected chi connectivity index (χ3v) is 5.84. The molecule has 3 aromatic rings.